The molecule has 8 heteroatoms. The van der Waals surface area contributed by atoms with Gasteiger partial charge >= 0.3 is 0 Å². The highest BCUT2D eigenvalue weighted by atomic mass is 15.4. The van der Waals surface area contributed by atoms with Crippen molar-refractivity contribution < 1.29 is 1.43 Å². The minimum absolute atomic E-state index is 0. The molecule has 0 saturated carbocycles. The molecule has 0 atom stereocenters. The van der Waals surface area contributed by atoms with Crippen LogP contribution in [0.3, 0.4) is 0 Å². The van der Waals surface area contributed by atoms with Crippen LogP contribution in [0.2, 0.25) is 0 Å². The number of nitriles is 1. The summed E-state index contributed by atoms with van der Waals surface area (Å²) >= 11 is 0. The fourth-order valence-electron chi connectivity index (χ4n) is 4.91. The molecule has 0 amide bonds. The first-order chi connectivity index (χ1) is 19.0. The Labute approximate surface area is 240 Å². The minimum Gasteiger partial charge on any atom is -0.363 e. The summed E-state index contributed by atoms with van der Waals surface area (Å²) in [6, 6.07) is 18.5. The van der Waals surface area contributed by atoms with Crippen LogP contribution in [-0.4, -0.2) is 44.7 Å². The van der Waals surface area contributed by atoms with Gasteiger partial charge in [0.25, 0.3) is 0 Å². The summed E-state index contributed by atoms with van der Waals surface area (Å²) in [5.74, 6) is 2.28. The second-order valence-electron chi connectivity index (χ2n) is 12.0. The zero-order valence-corrected chi connectivity index (χ0v) is 25.1. The first kappa shape index (κ1) is 28.9. The van der Waals surface area contributed by atoms with Gasteiger partial charge in [0.2, 0.25) is 5.95 Å². The van der Waals surface area contributed by atoms with Crippen LogP contribution in [0.15, 0.2) is 54.9 Å². The molecule has 1 N–H and O–H groups in total. The molecule has 1 saturated heterocycles. The van der Waals surface area contributed by atoms with Gasteiger partial charge in [-0.3, -0.25) is 0 Å². The lowest BCUT2D eigenvalue weighted by atomic mass is 9.97. The van der Waals surface area contributed by atoms with E-state index in [9.17, 15) is 0 Å². The lowest BCUT2D eigenvalue weighted by molar-refractivity contribution is 0.412. The second kappa shape index (κ2) is 12.0. The minimum atomic E-state index is -0.161. The highest BCUT2D eigenvalue weighted by molar-refractivity contribution is 5.87. The molecule has 212 valence electrons. The van der Waals surface area contributed by atoms with Crippen LogP contribution in [0.4, 0.5) is 23.1 Å². The molecule has 0 aliphatic carbocycles. The Morgan fingerprint density at radius 1 is 0.975 bits per heavy atom. The third-order valence-electron chi connectivity index (χ3n) is 6.86. The summed E-state index contributed by atoms with van der Waals surface area (Å²) in [5.41, 5.74) is 5.40. The van der Waals surface area contributed by atoms with Crippen molar-refractivity contribution in [3.8, 4) is 6.07 Å². The average molecular weight is 541 g/mol. The maximum absolute atomic E-state index is 9.14. The highest BCUT2D eigenvalue weighted by Crippen LogP contribution is 2.33. The molecular weight excluding hydrogens is 496 g/mol. The Bertz CT molecular complexity index is 1480. The van der Waals surface area contributed by atoms with Gasteiger partial charge < -0.3 is 19.7 Å². The Hall–Kier alpha value is -4.12. The quantitative estimate of drug-likeness (QED) is 0.283. The number of benzene rings is 2. The average Bonchev–Trinajstić information content (AvgIpc) is 3.34. The first-order valence-electron chi connectivity index (χ1n) is 14.1. The standard InChI is InChI=1S/C28H32N8.C4H10.H2/c1-19(2)35-18-30-25-24(35)26(31-23-9-7-6-8-20(23)3)33-27(32-25)34-14-15-36(28(4,5)17-34)22-12-10-21(16-29)11-13-22;1-4(2)3;/h6-13,18-19H,14-15,17H2,1-5H3,(H,31,32,33);4H,1-3H3;1H. The Kier molecular flexibility index (Phi) is 8.63. The number of fused-ring (bicyclic) bond motifs is 1. The fourth-order valence-corrected chi connectivity index (χ4v) is 4.91. The van der Waals surface area contributed by atoms with Gasteiger partial charge in [-0.2, -0.15) is 15.2 Å². The first-order valence-corrected chi connectivity index (χ1v) is 14.1. The number of imidazole rings is 1. The summed E-state index contributed by atoms with van der Waals surface area (Å²) in [6.07, 6.45) is 1.85. The SMILES string of the molecule is CC(C)C.Cc1ccccc1Nc1nc(N2CCN(c3ccc(C#N)cc3)C(C)(C)C2)nc2ncn(C(C)C)c12.[HH]. The highest BCUT2D eigenvalue weighted by Gasteiger charge is 2.35. The molecule has 5 rings (SSSR count). The van der Waals surface area contributed by atoms with Gasteiger partial charge in [-0.05, 0) is 76.4 Å². The lowest BCUT2D eigenvalue weighted by Crippen LogP contribution is -2.60. The molecule has 0 bridgehead atoms. The summed E-state index contributed by atoms with van der Waals surface area (Å²) in [4.78, 5) is 19.2. The summed E-state index contributed by atoms with van der Waals surface area (Å²) < 4.78 is 2.12. The number of hydrogen-bond acceptors (Lipinski definition) is 7. The molecule has 1 aliphatic rings. The zero-order chi connectivity index (χ0) is 29.0. The maximum Gasteiger partial charge on any atom is 0.229 e. The molecule has 0 spiro atoms. The van der Waals surface area contributed by atoms with Crippen LogP contribution in [0.1, 0.15) is 67.1 Å². The number of para-hydroxylation sites is 1. The van der Waals surface area contributed by atoms with Gasteiger partial charge in [0.05, 0.1) is 23.5 Å². The van der Waals surface area contributed by atoms with E-state index in [0.29, 0.717) is 17.2 Å². The molecule has 0 unspecified atom stereocenters. The van der Waals surface area contributed by atoms with Crippen LogP contribution in [0, 0.1) is 24.2 Å². The van der Waals surface area contributed by atoms with E-state index in [-0.39, 0.29) is 13.0 Å². The summed E-state index contributed by atoms with van der Waals surface area (Å²) in [5, 5.41) is 12.7. The predicted octanol–water partition coefficient (Wildman–Crippen LogP) is 7.34. The van der Waals surface area contributed by atoms with E-state index in [1.165, 1.54) is 0 Å². The zero-order valence-electron chi connectivity index (χ0n) is 25.1. The molecule has 2 aromatic carbocycles. The van der Waals surface area contributed by atoms with Crippen LogP contribution in [-0.2, 0) is 0 Å². The van der Waals surface area contributed by atoms with E-state index in [2.05, 4.69) is 98.3 Å². The van der Waals surface area contributed by atoms with Gasteiger partial charge in [0.1, 0.15) is 5.52 Å². The van der Waals surface area contributed by atoms with Crippen molar-refractivity contribution in [3.05, 3.63) is 66.0 Å². The number of aryl methyl sites for hydroxylation is 1. The summed E-state index contributed by atoms with van der Waals surface area (Å²) in [7, 11) is 0. The largest absolute Gasteiger partial charge is 0.363 e. The van der Waals surface area contributed by atoms with Gasteiger partial charge in [-0.25, -0.2) is 4.98 Å². The van der Waals surface area contributed by atoms with E-state index in [4.69, 9.17) is 15.2 Å². The van der Waals surface area contributed by atoms with Gasteiger partial charge in [-0.15, -0.1) is 0 Å². The molecule has 4 aromatic rings. The van der Waals surface area contributed by atoms with Gasteiger partial charge in [0, 0.05) is 38.5 Å². The molecule has 1 fully saturated rings. The van der Waals surface area contributed by atoms with Crippen molar-refractivity contribution in [2.24, 2.45) is 5.92 Å². The molecular formula is C32H44N8. The number of anilines is 4. The predicted molar refractivity (Wildman–Crippen MR) is 168 cm³/mol. The van der Waals surface area contributed by atoms with Crippen LogP contribution in [0.5, 0.6) is 0 Å². The van der Waals surface area contributed by atoms with Crippen molar-refractivity contribution in [1.82, 2.24) is 19.5 Å². The van der Waals surface area contributed by atoms with Crippen LogP contribution in [0.25, 0.3) is 11.2 Å². The normalized spacial score (nSPS) is 14.7. The van der Waals surface area contributed by atoms with Crippen molar-refractivity contribution >= 4 is 34.3 Å². The molecule has 1 aliphatic heterocycles. The Balaban J connectivity index is 0.000000869. The maximum atomic E-state index is 9.14. The lowest BCUT2D eigenvalue weighted by Gasteiger charge is -2.48. The topological polar surface area (TPSA) is 85.9 Å². The molecule has 0 radical (unpaired) electrons. The van der Waals surface area contributed by atoms with E-state index in [1.807, 2.05) is 42.7 Å². The molecule has 3 heterocycles. The molecule has 8 nitrogen and oxygen atoms in total. The number of rotatable bonds is 5. The number of nitrogens with one attached hydrogen (secondary N) is 1. The van der Waals surface area contributed by atoms with Crippen molar-refractivity contribution in [3.63, 3.8) is 0 Å². The Morgan fingerprint density at radius 2 is 1.65 bits per heavy atom. The number of hydrogen-bond donors (Lipinski definition) is 1. The second-order valence-corrected chi connectivity index (χ2v) is 12.0. The molecule has 40 heavy (non-hydrogen) atoms. The number of nitrogens with zero attached hydrogens (tertiary/aromatic N) is 7. The van der Waals surface area contributed by atoms with Crippen molar-refractivity contribution in [2.45, 2.75) is 67.0 Å². The number of piperazine rings is 1. The van der Waals surface area contributed by atoms with E-state index in [0.717, 1.165) is 53.8 Å². The monoisotopic (exact) mass is 540 g/mol. The van der Waals surface area contributed by atoms with Crippen LogP contribution >= 0.6 is 0 Å². The van der Waals surface area contributed by atoms with Gasteiger partial charge in [0.15, 0.2) is 11.5 Å². The van der Waals surface area contributed by atoms with E-state index >= 15 is 0 Å². The smallest absolute Gasteiger partial charge is 0.229 e. The van der Waals surface area contributed by atoms with Crippen molar-refractivity contribution in [2.75, 3.05) is 34.8 Å². The third kappa shape index (κ3) is 6.36. The molecule has 2 aromatic heterocycles. The van der Waals surface area contributed by atoms with Gasteiger partial charge in [-0.1, -0.05) is 39.0 Å². The number of aromatic nitrogens is 4. The Morgan fingerprint density at radius 3 is 2.25 bits per heavy atom. The van der Waals surface area contributed by atoms with E-state index < -0.39 is 0 Å². The van der Waals surface area contributed by atoms with E-state index in [1.54, 1.807) is 0 Å². The fraction of sp³-hybridized carbons (Fsp3) is 0.438. The summed E-state index contributed by atoms with van der Waals surface area (Å²) in [6.45, 7) is 19.7. The third-order valence-corrected chi connectivity index (χ3v) is 6.86. The van der Waals surface area contributed by atoms with Crippen LogP contribution < -0.4 is 15.1 Å². The van der Waals surface area contributed by atoms with Crippen molar-refractivity contribution in [1.29, 1.82) is 5.26 Å².